The van der Waals surface area contributed by atoms with Gasteiger partial charge >= 0.3 is 5.97 Å². The average Bonchev–Trinajstić information content (AvgIpc) is 3.24. The minimum absolute atomic E-state index is 0.380. The number of esters is 1. The zero-order valence-electron chi connectivity index (χ0n) is 17.9. The molecule has 0 unspecified atom stereocenters. The van der Waals surface area contributed by atoms with E-state index >= 15 is 0 Å². The van der Waals surface area contributed by atoms with Crippen LogP contribution in [-0.2, 0) is 4.74 Å². The zero-order valence-corrected chi connectivity index (χ0v) is 20.3. The summed E-state index contributed by atoms with van der Waals surface area (Å²) in [6.07, 6.45) is 0. The number of thiophene rings is 1. The molecule has 1 aromatic heterocycles. The van der Waals surface area contributed by atoms with Crippen molar-refractivity contribution in [3.05, 3.63) is 70.7 Å². The van der Waals surface area contributed by atoms with Crippen molar-refractivity contribution in [1.82, 2.24) is 4.90 Å². The lowest BCUT2D eigenvalue weighted by Gasteiger charge is -2.38. The van der Waals surface area contributed by atoms with Crippen LogP contribution in [0.15, 0.2) is 54.6 Å². The fraction of sp³-hybridized carbons (Fsp3) is 0.250. The van der Waals surface area contributed by atoms with Crippen LogP contribution in [0.5, 0.6) is 0 Å². The molecule has 1 aliphatic heterocycles. The number of benzene rings is 2. The fourth-order valence-electron chi connectivity index (χ4n) is 3.74. The van der Waals surface area contributed by atoms with Crippen molar-refractivity contribution < 1.29 is 9.53 Å². The van der Waals surface area contributed by atoms with Gasteiger partial charge in [0.2, 0.25) is 0 Å². The van der Waals surface area contributed by atoms with Gasteiger partial charge in [-0.15, -0.1) is 11.3 Å². The molecule has 32 heavy (non-hydrogen) atoms. The number of nitrogens with one attached hydrogen (secondary N) is 1. The summed E-state index contributed by atoms with van der Waals surface area (Å²) < 4.78 is 4.99. The molecule has 2 heterocycles. The van der Waals surface area contributed by atoms with Crippen LogP contribution >= 0.6 is 35.2 Å². The minimum Gasteiger partial charge on any atom is -0.465 e. The predicted octanol–water partition coefficient (Wildman–Crippen LogP) is 5.68. The van der Waals surface area contributed by atoms with E-state index in [1.807, 2.05) is 54.6 Å². The monoisotopic (exact) mass is 485 g/mol. The molecule has 0 saturated carbocycles. The molecule has 0 bridgehead atoms. The van der Waals surface area contributed by atoms with Gasteiger partial charge in [-0.3, -0.25) is 0 Å². The van der Waals surface area contributed by atoms with Crippen LogP contribution in [-0.4, -0.2) is 49.3 Å². The second kappa shape index (κ2) is 9.90. The maximum Gasteiger partial charge on any atom is 0.340 e. The van der Waals surface area contributed by atoms with E-state index in [0.29, 0.717) is 15.7 Å². The van der Waals surface area contributed by atoms with Gasteiger partial charge in [0.25, 0.3) is 0 Å². The quantitative estimate of drug-likeness (QED) is 0.378. The lowest BCUT2D eigenvalue weighted by molar-refractivity contribution is 0.0602. The Morgan fingerprint density at radius 2 is 1.81 bits per heavy atom. The molecule has 166 valence electrons. The van der Waals surface area contributed by atoms with Crippen molar-refractivity contribution in [2.24, 2.45) is 0 Å². The fourth-order valence-corrected chi connectivity index (χ4v) is 5.31. The lowest BCUT2D eigenvalue weighted by atomic mass is 10.1. The number of methoxy groups -OCH3 is 1. The van der Waals surface area contributed by atoms with Crippen LogP contribution in [0.3, 0.4) is 0 Å². The Bertz CT molecular complexity index is 1130. The molecule has 1 aliphatic rings. The Labute approximate surface area is 202 Å². The van der Waals surface area contributed by atoms with E-state index in [1.54, 1.807) is 0 Å². The number of hydrogen-bond acceptors (Lipinski definition) is 5. The minimum atomic E-state index is -0.380. The van der Waals surface area contributed by atoms with Gasteiger partial charge in [-0.1, -0.05) is 48.0 Å². The third-order valence-electron chi connectivity index (χ3n) is 5.49. The highest BCUT2D eigenvalue weighted by molar-refractivity contribution is 7.80. The number of anilines is 2. The summed E-state index contributed by atoms with van der Waals surface area (Å²) in [6, 6.07) is 17.8. The smallest absolute Gasteiger partial charge is 0.340 e. The number of aryl methyl sites for hydroxylation is 1. The van der Waals surface area contributed by atoms with Crippen LogP contribution in [0.25, 0.3) is 10.4 Å². The van der Waals surface area contributed by atoms with Crippen molar-refractivity contribution >= 4 is 56.9 Å². The molecular formula is C24H24ClN3O2S2. The van der Waals surface area contributed by atoms with Crippen LogP contribution < -0.4 is 10.2 Å². The van der Waals surface area contributed by atoms with Crippen LogP contribution in [0.4, 0.5) is 10.7 Å². The SMILES string of the molecule is COC(=O)c1cc(-c2ccccc2)sc1NC(=S)N1CCN(c2cc(Cl)ccc2C)CC1. The van der Waals surface area contributed by atoms with Crippen molar-refractivity contribution in [2.45, 2.75) is 6.92 Å². The molecule has 0 spiro atoms. The highest BCUT2D eigenvalue weighted by Gasteiger charge is 2.23. The maximum atomic E-state index is 12.4. The van der Waals surface area contributed by atoms with E-state index in [-0.39, 0.29) is 5.97 Å². The van der Waals surface area contributed by atoms with Crippen molar-refractivity contribution in [3.63, 3.8) is 0 Å². The molecular weight excluding hydrogens is 462 g/mol. The lowest BCUT2D eigenvalue weighted by Crippen LogP contribution is -2.50. The van der Waals surface area contributed by atoms with Gasteiger partial charge < -0.3 is 19.9 Å². The zero-order chi connectivity index (χ0) is 22.7. The van der Waals surface area contributed by atoms with E-state index < -0.39 is 0 Å². The first-order valence-electron chi connectivity index (χ1n) is 10.3. The Hall–Kier alpha value is -2.61. The molecule has 0 aliphatic carbocycles. The van der Waals surface area contributed by atoms with Gasteiger partial charge in [0, 0.05) is 41.8 Å². The van der Waals surface area contributed by atoms with Crippen LogP contribution in [0.1, 0.15) is 15.9 Å². The number of rotatable bonds is 4. The Morgan fingerprint density at radius 3 is 2.50 bits per heavy atom. The third-order valence-corrected chi connectivity index (χ3v) is 7.19. The summed E-state index contributed by atoms with van der Waals surface area (Å²) in [7, 11) is 1.39. The molecule has 1 fully saturated rings. The van der Waals surface area contributed by atoms with Gasteiger partial charge in [0.05, 0.1) is 12.7 Å². The summed E-state index contributed by atoms with van der Waals surface area (Å²) in [4.78, 5) is 17.8. The van der Waals surface area contributed by atoms with Gasteiger partial charge in [-0.25, -0.2) is 4.79 Å². The van der Waals surface area contributed by atoms with Gasteiger partial charge in [-0.05, 0) is 48.5 Å². The standard InChI is InChI=1S/C24H24ClN3O2S2/c1-16-8-9-18(25)14-20(16)27-10-12-28(13-11-27)24(31)26-22-19(23(29)30-2)15-21(32-22)17-6-4-3-5-7-17/h3-9,14-15H,10-13H2,1-2H3,(H,26,31). The predicted molar refractivity (Wildman–Crippen MR) is 137 cm³/mol. The summed E-state index contributed by atoms with van der Waals surface area (Å²) in [6.45, 7) is 5.34. The van der Waals surface area contributed by atoms with E-state index in [2.05, 4.69) is 22.0 Å². The number of halogens is 1. The number of hydrogen-bond donors (Lipinski definition) is 1. The number of piperazine rings is 1. The number of carbonyl (C=O) groups is 1. The summed E-state index contributed by atoms with van der Waals surface area (Å²) in [5.41, 5.74) is 3.91. The molecule has 0 amide bonds. The number of thiocarbonyl (C=S) groups is 1. The summed E-state index contributed by atoms with van der Waals surface area (Å²) in [5, 5.41) is 5.35. The van der Waals surface area contributed by atoms with Crippen molar-refractivity contribution in [2.75, 3.05) is 43.5 Å². The second-order valence-corrected chi connectivity index (χ2v) is 9.42. The second-order valence-electron chi connectivity index (χ2n) is 7.55. The molecule has 0 atom stereocenters. The Balaban J connectivity index is 1.47. The first-order valence-corrected chi connectivity index (χ1v) is 11.9. The van der Waals surface area contributed by atoms with Gasteiger partial charge in [0.15, 0.2) is 5.11 Å². The van der Waals surface area contributed by atoms with E-state index in [4.69, 9.17) is 28.6 Å². The van der Waals surface area contributed by atoms with E-state index in [0.717, 1.165) is 47.3 Å². The van der Waals surface area contributed by atoms with Crippen LogP contribution in [0.2, 0.25) is 5.02 Å². The third kappa shape index (κ3) is 4.90. The van der Waals surface area contributed by atoms with Gasteiger partial charge in [-0.2, -0.15) is 0 Å². The summed E-state index contributed by atoms with van der Waals surface area (Å²) >= 11 is 13.4. The van der Waals surface area contributed by atoms with E-state index in [9.17, 15) is 4.79 Å². The topological polar surface area (TPSA) is 44.8 Å². The highest BCUT2D eigenvalue weighted by Crippen LogP contribution is 2.36. The molecule has 2 aromatic carbocycles. The average molecular weight is 486 g/mol. The molecule has 1 saturated heterocycles. The maximum absolute atomic E-state index is 12.4. The summed E-state index contributed by atoms with van der Waals surface area (Å²) in [5.74, 6) is -0.380. The Kier molecular flexibility index (Phi) is 6.98. The number of carbonyl (C=O) groups excluding carboxylic acids is 1. The molecule has 5 nitrogen and oxygen atoms in total. The molecule has 8 heteroatoms. The number of ether oxygens (including phenoxy) is 1. The first kappa shape index (κ1) is 22.6. The van der Waals surface area contributed by atoms with E-state index in [1.165, 1.54) is 24.0 Å². The molecule has 0 radical (unpaired) electrons. The normalized spacial score (nSPS) is 13.7. The molecule has 4 rings (SSSR count). The molecule has 3 aromatic rings. The number of nitrogens with zero attached hydrogens (tertiary/aromatic N) is 2. The molecule has 1 N–H and O–H groups in total. The van der Waals surface area contributed by atoms with Gasteiger partial charge in [0.1, 0.15) is 5.00 Å². The van der Waals surface area contributed by atoms with Crippen molar-refractivity contribution in [3.8, 4) is 10.4 Å². The largest absolute Gasteiger partial charge is 0.465 e. The van der Waals surface area contributed by atoms with Crippen LogP contribution in [0, 0.1) is 6.92 Å². The first-order chi connectivity index (χ1) is 15.5. The van der Waals surface area contributed by atoms with Crippen molar-refractivity contribution in [1.29, 1.82) is 0 Å². The highest BCUT2D eigenvalue weighted by atomic mass is 35.5. The Morgan fingerprint density at radius 1 is 1.09 bits per heavy atom.